The fourth-order valence-corrected chi connectivity index (χ4v) is 5.27. The van der Waals surface area contributed by atoms with Crippen LogP contribution in [0.1, 0.15) is 40.0 Å². The first kappa shape index (κ1) is 16.8. The molecular formula is C17H20BrFN2OS. The van der Waals surface area contributed by atoms with Gasteiger partial charge in [0.1, 0.15) is 5.52 Å². The first-order chi connectivity index (χ1) is 10.7. The Balaban J connectivity index is 1.79. The highest BCUT2D eigenvalue weighted by Gasteiger charge is 2.35. The maximum Gasteiger partial charge on any atom is 0.229 e. The molecule has 1 aliphatic rings. The number of hydrogen-bond donors (Lipinski definition) is 1. The van der Waals surface area contributed by atoms with Crippen molar-refractivity contribution in [3.63, 3.8) is 0 Å². The summed E-state index contributed by atoms with van der Waals surface area (Å²) in [4.78, 5) is 16.8. The van der Waals surface area contributed by atoms with Crippen LogP contribution in [0.5, 0.6) is 0 Å². The average molecular weight is 399 g/mol. The summed E-state index contributed by atoms with van der Waals surface area (Å²) in [7, 11) is 0. The molecule has 2 aromatic rings. The molecule has 3 nitrogen and oxygen atoms in total. The number of nitrogens with one attached hydrogen (secondary N) is 1. The predicted molar refractivity (Wildman–Crippen MR) is 96.2 cm³/mol. The van der Waals surface area contributed by atoms with Crippen LogP contribution in [0.3, 0.4) is 0 Å². The first-order valence-electron chi connectivity index (χ1n) is 7.80. The zero-order valence-electron chi connectivity index (χ0n) is 13.5. The van der Waals surface area contributed by atoms with Crippen molar-refractivity contribution in [3.8, 4) is 0 Å². The van der Waals surface area contributed by atoms with Gasteiger partial charge in [0.2, 0.25) is 5.91 Å². The molecule has 0 spiro atoms. The number of hydrogen-bond acceptors (Lipinski definition) is 3. The van der Waals surface area contributed by atoms with E-state index in [-0.39, 0.29) is 23.1 Å². The van der Waals surface area contributed by atoms with Crippen molar-refractivity contribution < 1.29 is 9.18 Å². The Morgan fingerprint density at radius 2 is 2.17 bits per heavy atom. The lowest BCUT2D eigenvalue weighted by Gasteiger charge is -2.38. The van der Waals surface area contributed by atoms with Gasteiger partial charge in [-0.3, -0.25) is 4.79 Å². The van der Waals surface area contributed by atoms with Gasteiger partial charge >= 0.3 is 0 Å². The molecule has 23 heavy (non-hydrogen) atoms. The van der Waals surface area contributed by atoms with Crippen molar-refractivity contribution in [1.82, 2.24) is 4.98 Å². The summed E-state index contributed by atoms with van der Waals surface area (Å²) in [6.07, 6.45) is 2.94. The van der Waals surface area contributed by atoms with E-state index in [1.807, 2.05) is 6.07 Å². The fraction of sp³-hybridized carbons (Fsp3) is 0.529. The molecule has 1 aromatic carbocycles. The predicted octanol–water partition coefficient (Wildman–Crippen LogP) is 5.60. The lowest BCUT2D eigenvalue weighted by Crippen LogP contribution is -2.34. The van der Waals surface area contributed by atoms with Gasteiger partial charge in [0.25, 0.3) is 0 Å². The number of thiazole rings is 1. The van der Waals surface area contributed by atoms with Gasteiger partial charge in [0, 0.05) is 10.4 Å². The second-order valence-corrected chi connectivity index (χ2v) is 9.30. The highest BCUT2D eigenvalue weighted by Crippen LogP contribution is 2.42. The van der Waals surface area contributed by atoms with Gasteiger partial charge in [-0.15, -0.1) is 0 Å². The Hall–Kier alpha value is -1.01. The zero-order valence-corrected chi connectivity index (χ0v) is 15.9. The van der Waals surface area contributed by atoms with E-state index in [9.17, 15) is 9.18 Å². The molecule has 6 heteroatoms. The van der Waals surface area contributed by atoms with Crippen molar-refractivity contribution in [1.29, 1.82) is 0 Å². The summed E-state index contributed by atoms with van der Waals surface area (Å²) in [6.45, 7) is 6.63. The minimum Gasteiger partial charge on any atom is -0.302 e. The topological polar surface area (TPSA) is 42.0 Å². The molecule has 1 aromatic heterocycles. The van der Waals surface area contributed by atoms with Crippen LogP contribution in [0.4, 0.5) is 9.52 Å². The van der Waals surface area contributed by atoms with Crippen molar-refractivity contribution >= 4 is 48.5 Å². The van der Waals surface area contributed by atoms with E-state index in [1.165, 1.54) is 17.4 Å². The SMILES string of the molecule is CC1CC(C(=O)Nc2nc3c(F)cc(Br)cc3s2)CC(C)(C)C1. The minimum absolute atomic E-state index is 0.00246. The Bertz CT molecular complexity index is 758. The van der Waals surface area contributed by atoms with Crippen LogP contribution in [0.2, 0.25) is 0 Å². The zero-order chi connectivity index (χ0) is 16.8. The number of anilines is 1. The Morgan fingerprint density at radius 3 is 2.87 bits per heavy atom. The van der Waals surface area contributed by atoms with E-state index in [0.29, 0.717) is 21.0 Å². The van der Waals surface area contributed by atoms with Crippen molar-refractivity contribution in [3.05, 3.63) is 22.4 Å². The third kappa shape index (κ3) is 3.74. The van der Waals surface area contributed by atoms with Gasteiger partial charge in [-0.05, 0) is 42.7 Å². The monoisotopic (exact) mass is 398 g/mol. The summed E-state index contributed by atoms with van der Waals surface area (Å²) in [5.41, 5.74) is 0.496. The number of halogens is 2. The molecule has 1 aliphatic carbocycles. The summed E-state index contributed by atoms with van der Waals surface area (Å²) in [5, 5.41) is 3.36. The Morgan fingerprint density at radius 1 is 1.43 bits per heavy atom. The molecule has 2 unspecified atom stereocenters. The normalized spacial score (nSPS) is 23.9. The summed E-state index contributed by atoms with van der Waals surface area (Å²) in [6, 6.07) is 3.20. The third-order valence-corrected chi connectivity index (χ3v) is 5.78. The first-order valence-corrected chi connectivity index (χ1v) is 9.41. The molecule has 0 saturated heterocycles. The fourth-order valence-electron chi connectivity index (χ4n) is 3.76. The van der Waals surface area contributed by atoms with Crippen LogP contribution in [0, 0.1) is 23.1 Å². The lowest BCUT2D eigenvalue weighted by molar-refractivity contribution is -0.122. The Labute approximate surface area is 147 Å². The number of fused-ring (bicyclic) bond motifs is 1. The molecule has 2 atom stereocenters. The van der Waals surface area contributed by atoms with Crippen LogP contribution in [-0.4, -0.2) is 10.9 Å². The van der Waals surface area contributed by atoms with Crippen molar-refractivity contribution in [2.75, 3.05) is 5.32 Å². The molecule has 1 amide bonds. The van der Waals surface area contributed by atoms with Gasteiger partial charge in [-0.2, -0.15) is 0 Å². The van der Waals surface area contributed by atoms with Gasteiger partial charge in [0.05, 0.1) is 4.70 Å². The molecule has 124 valence electrons. The maximum atomic E-state index is 13.9. The number of rotatable bonds is 2. The number of carbonyl (C=O) groups is 1. The highest BCUT2D eigenvalue weighted by molar-refractivity contribution is 9.10. The van der Waals surface area contributed by atoms with Crippen LogP contribution in [0.15, 0.2) is 16.6 Å². The number of amides is 1. The number of benzene rings is 1. The van der Waals surface area contributed by atoms with Crippen molar-refractivity contribution in [2.24, 2.45) is 17.3 Å². The van der Waals surface area contributed by atoms with Crippen molar-refractivity contribution in [2.45, 2.75) is 40.0 Å². The van der Waals surface area contributed by atoms with E-state index in [4.69, 9.17) is 0 Å². The molecule has 1 heterocycles. The molecule has 0 radical (unpaired) electrons. The van der Waals surface area contributed by atoms with E-state index < -0.39 is 0 Å². The summed E-state index contributed by atoms with van der Waals surface area (Å²) >= 11 is 4.58. The molecule has 0 bridgehead atoms. The molecule has 1 fully saturated rings. The molecule has 1 N–H and O–H groups in total. The summed E-state index contributed by atoms with van der Waals surface area (Å²) in [5.74, 6) is 0.164. The maximum absolute atomic E-state index is 13.9. The number of nitrogens with zero attached hydrogens (tertiary/aromatic N) is 1. The largest absolute Gasteiger partial charge is 0.302 e. The number of carbonyl (C=O) groups excluding carboxylic acids is 1. The Kier molecular flexibility index (Phi) is 4.49. The minimum atomic E-state index is -0.376. The third-order valence-electron chi connectivity index (χ3n) is 4.40. The summed E-state index contributed by atoms with van der Waals surface area (Å²) < 4.78 is 15.3. The van der Waals surface area contributed by atoms with Gasteiger partial charge < -0.3 is 5.32 Å². The van der Waals surface area contributed by atoms with Gasteiger partial charge in [-0.1, -0.05) is 48.0 Å². The van der Waals surface area contributed by atoms with Crippen LogP contribution in [-0.2, 0) is 4.79 Å². The van der Waals surface area contributed by atoms with E-state index in [2.05, 4.69) is 47.0 Å². The second-order valence-electron chi connectivity index (χ2n) is 7.35. The number of aromatic nitrogens is 1. The molecule has 1 saturated carbocycles. The smallest absolute Gasteiger partial charge is 0.229 e. The lowest BCUT2D eigenvalue weighted by atomic mass is 9.68. The highest BCUT2D eigenvalue weighted by atomic mass is 79.9. The quantitative estimate of drug-likeness (QED) is 0.715. The molecular weight excluding hydrogens is 379 g/mol. The van der Waals surface area contributed by atoms with Crippen LogP contribution in [0.25, 0.3) is 10.2 Å². The van der Waals surface area contributed by atoms with E-state index >= 15 is 0 Å². The second kappa shape index (κ2) is 6.13. The van der Waals surface area contributed by atoms with Gasteiger partial charge in [0.15, 0.2) is 10.9 Å². The molecule has 0 aliphatic heterocycles. The standard InChI is InChI=1S/C17H20BrFN2OS/c1-9-4-10(8-17(2,3)7-9)15(22)21-16-20-14-12(19)5-11(18)6-13(14)23-16/h5-6,9-10H,4,7-8H2,1-3H3,(H,20,21,22). The van der Waals surface area contributed by atoms with Crippen LogP contribution < -0.4 is 5.32 Å². The van der Waals surface area contributed by atoms with E-state index in [1.54, 1.807) is 0 Å². The van der Waals surface area contributed by atoms with Crippen LogP contribution >= 0.6 is 27.3 Å². The average Bonchev–Trinajstić information content (AvgIpc) is 2.78. The van der Waals surface area contributed by atoms with E-state index in [0.717, 1.165) is 24.0 Å². The van der Waals surface area contributed by atoms with Gasteiger partial charge in [-0.25, -0.2) is 9.37 Å². The molecule has 3 rings (SSSR count).